The van der Waals surface area contributed by atoms with Crippen LogP contribution in [0.15, 0.2) is 30.5 Å². The zero-order chi connectivity index (χ0) is 10.7. The van der Waals surface area contributed by atoms with Gasteiger partial charge < -0.3 is 10.3 Å². The van der Waals surface area contributed by atoms with E-state index in [9.17, 15) is 4.39 Å². The van der Waals surface area contributed by atoms with E-state index in [1.165, 1.54) is 0 Å². The molecular formula is C12H15FN2. The maximum absolute atomic E-state index is 12.0. The molecule has 2 rings (SSSR count). The Balaban J connectivity index is 2.25. The van der Waals surface area contributed by atoms with Gasteiger partial charge in [0.1, 0.15) is 0 Å². The number of anilines is 1. The highest BCUT2D eigenvalue weighted by Crippen LogP contribution is 2.22. The number of hydrogen-bond donors (Lipinski definition) is 1. The van der Waals surface area contributed by atoms with Crippen molar-refractivity contribution in [2.24, 2.45) is 0 Å². The summed E-state index contributed by atoms with van der Waals surface area (Å²) in [5.74, 6) is 0. The van der Waals surface area contributed by atoms with Crippen LogP contribution in [0.4, 0.5) is 10.1 Å². The standard InChI is InChI=1S/C12H15FN2/c13-7-1-2-8-15-9-6-10-11(14)4-3-5-12(10)15/h3-6,9H,1-2,7-8,14H2. The molecule has 80 valence electrons. The summed E-state index contributed by atoms with van der Waals surface area (Å²) in [6, 6.07) is 7.90. The molecule has 0 aliphatic heterocycles. The van der Waals surface area contributed by atoms with Gasteiger partial charge in [0, 0.05) is 23.8 Å². The monoisotopic (exact) mass is 206 g/mol. The van der Waals surface area contributed by atoms with Gasteiger partial charge in [0.25, 0.3) is 0 Å². The van der Waals surface area contributed by atoms with Gasteiger partial charge in [-0.25, -0.2) is 0 Å². The number of nitrogens with zero attached hydrogens (tertiary/aromatic N) is 1. The lowest BCUT2D eigenvalue weighted by molar-refractivity contribution is 0.449. The molecule has 1 heterocycles. The molecule has 2 nitrogen and oxygen atoms in total. The van der Waals surface area contributed by atoms with Crippen LogP contribution < -0.4 is 5.73 Å². The number of aromatic nitrogens is 1. The van der Waals surface area contributed by atoms with Gasteiger partial charge in [0.05, 0.1) is 12.2 Å². The summed E-state index contributed by atoms with van der Waals surface area (Å²) in [5, 5.41) is 1.08. The fourth-order valence-electron chi connectivity index (χ4n) is 1.82. The first kappa shape index (κ1) is 10.0. The zero-order valence-corrected chi connectivity index (χ0v) is 8.62. The number of unbranched alkanes of at least 4 members (excludes halogenated alkanes) is 1. The minimum Gasteiger partial charge on any atom is -0.398 e. The van der Waals surface area contributed by atoms with Crippen LogP contribution in [0.25, 0.3) is 10.9 Å². The van der Waals surface area contributed by atoms with Crippen molar-refractivity contribution in [1.82, 2.24) is 4.57 Å². The molecule has 15 heavy (non-hydrogen) atoms. The van der Waals surface area contributed by atoms with Crippen molar-refractivity contribution in [3.63, 3.8) is 0 Å². The fraction of sp³-hybridized carbons (Fsp3) is 0.333. The molecule has 0 bridgehead atoms. The van der Waals surface area contributed by atoms with Crippen molar-refractivity contribution in [2.45, 2.75) is 19.4 Å². The minimum absolute atomic E-state index is 0.235. The third-order valence-electron chi connectivity index (χ3n) is 2.63. The van der Waals surface area contributed by atoms with Gasteiger partial charge in [-0.05, 0) is 31.0 Å². The van der Waals surface area contributed by atoms with Gasteiger partial charge in [-0.1, -0.05) is 6.07 Å². The van der Waals surface area contributed by atoms with Crippen molar-refractivity contribution in [2.75, 3.05) is 12.4 Å². The van der Waals surface area contributed by atoms with Crippen LogP contribution in [0.3, 0.4) is 0 Å². The second kappa shape index (κ2) is 4.34. The van der Waals surface area contributed by atoms with Crippen LogP contribution in [0.2, 0.25) is 0 Å². The first-order valence-corrected chi connectivity index (χ1v) is 5.22. The molecule has 0 aliphatic rings. The lowest BCUT2D eigenvalue weighted by Crippen LogP contribution is -1.96. The quantitative estimate of drug-likeness (QED) is 0.605. The van der Waals surface area contributed by atoms with Crippen LogP contribution >= 0.6 is 0 Å². The Morgan fingerprint density at radius 2 is 2.07 bits per heavy atom. The Labute approximate surface area is 88.5 Å². The predicted octanol–water partition coefficient (Wildman–Crippen LogP) is 2.97. The molecule has 0 unspecified atom stereocenters. The van der Waals surface area contributed by atoms with Gasteiger partial charge in [-0.15, -0.1) is 0 Å². The van der Waals surface area contributed by atoms with Crippen molar-refractivity contribution in [3.05, 3.63) is 30.5 Å². The Bertz CT molecular complexity index is 448. The van der Waals surface area contributed by atoms with Gasteiger partial charge in [-0.2, -0.15) is 0 Å². The van der Waals surface area contributed by atoms with E-state index < -0.39 is 0 Å². The summed E-state index contributed by atoms with van der Waals surface area (Å²) in [6.07, 6.45) is 3.51. The van der Waals surface area contributed by atoms with Crippen molar-refractivity contribution in [1.29, 1.82) is 0 Å². The summed E-state index contributed by atoms with van der Waals surface area (Å²) < 4.78 is 14.1. The average molecular weight is 206 g/mol. The van der Waals surface area contributed by atoms with Crippen molar-refractivity contribution >= 4 is 16.6 Å². The number of rotatable bonds is 4. The van der Waals surface area contributed by atoms with E-state index in [1.54, 1.807) is 0 Å². The van der Waals surface area contributed by atoms with E-state index >= 15 is 0 Å². The number of halogens is 1. The highest BCUT2D eigenvalue weighted by atomic mass is 19.1. The van der Waals surface area contributed by atoms with Crippen molar-refractivity contribution < 1.29 is 4.39 Å². The Morgan fingerprint density at radius 1 is 1.20 bits per heavy atom. The van der Waals surface area contributed by atoms with E-state index in [1.807, 2.05) is 30.5 Å². The maximum atomic E-state index is 12.0. The Hall–Kier alpha value is -1.51. The predicted molar refractivity (Wildman–Crippen MR) is 61.6 cm³/mol. The SMILES string of the molecule is Nc1cccc2c1ccn2CCCCF. The summed E-state index contributed by atoms with van der Waals surface area (Å²) in [6.45, 7) is 0.623. The average Bonchev–Trinajstić information content (AvgIpc) is 2.64. The van der Waals surface area contributed by atoms with E-state index in [0.717, 1.165) is 29.6 Å². The van der Waals surface area contributed by atoms with Gasteiger partial charge in [0.15, 0.2) is 0 Å². The number of alkyl halides is 1. The third kappa shape index (κ3) is 1.96. The Kier molecular flexibility index (Phi) is 2.90. The van der Waals surface area contributed by atoms with Gasteiger partial charge in [0.2, 0.25) is 0 Å². The van der Waals surface area contributed by atoms with Crippen molar-refractivity contribution in [3.8, 4) is 0 Å². The van der Waals surface area contributed by atoms with Crippen LogP contribution in [0, 0.1) is 0 Å². The van der Waals surface area contributed by atoms with E-state index in [-0.39, 0.29) is 6.67 Å². The molecule has 0 fully saturated rings. The molecule has 0 atom stereocenters. The molecule has 0 radical (unpaired) electrons. The molecule has 1 aromatic carbocycles. The number of nitrogen functional groups attached to an aromatic ring is 1. The summed E-state index contributed by atoms with van der Waals surface area (Å²) in [4.78, 5) is 0. The lowest BCUT2D eigenvalue weighted by atomic mass is 10.2. The first-order chi connectivity index (χ1) is 7.33. The van der Waals surface area contributed by atoms with Gasteiger partial charge >= 0.3 is 0 Å². The molecule has 3 heteroatoms. The topological polar surface area (TPSA) is 30.9 Å². The molecule has 0 aliphatic carbocycles. The molecule has 1 aromatic heterocycles. The van der Waals surface area contributed by atoms with E-state index in [0.29, 0.717) is 6.42 Å². The lowest BCUT2D eigenvalue weighted by Gasteiger charge is -2.04. The van der Waals surface area contributed by atoms with Crippen LogP contribution in [-0.4, -0.2) is 11.2 Å². The van der Waals surface area contributed by atoms with Crippen LogP contribution in [-0.2, 0) is 6.54 Å². The second-order valence-corrected chi connectivity index (χ2v) is 3.69. The largest absolute Gasteiger partial charge is 0.398 e. The summed E-state index contributed by atoms with van der Waals surface area (Å²) in [7, 11) is 0. The number of aryl methyl sites for hydroxylation is 1. The number of benzene rings is 1. The molecule has 0 spiro atoms. The Morgan fingerprint density at radius 3 is 2.87 bits per heavy atom. The molecule has 0 saturated heterocycles. The highest BCUT2D eigenvalue weighted by Gasteiger charge is 2.02. The van der Waals surface area contributed by atoms with E-state index in [2.05, 4.69) is 4.57 Å². The molecule has 0 amide bonds. The van der Waals surface area contributed by atoms with Crippen LogP contribution in [0.5, 0.6) is 0 Å². The molecule has 0 saturated carbocycles. The van der Waals surface area contributed by atoms with Gasteiger partial charge in [-0.3, -0.25) is 4.39 Å². The third-order valence-corrected chi connectivity index (χ3v) is 2.63. The smallest absolute Gasteiger partial charge is 0.0895 e. The summed E-state index contributed by atoms with van der Waals surface area (Å²) in [5.41, 5.74) is 7.79. The number of nitrogens with two attached hydrogens (primary N) is 1. The fourth-order valence-corrected chi connectivity index (χ4v) is 1.82. The van der Waals surface area contributed by atoms with Crippen LogP contribution in [0.1, 0.15) is 12.8 Å². The first-order valence-electron chi connectivity index (χ1n) is 5.22. The summed E-state index contributed by atoms with van der Waals surface area (Å²) >= 11 is 0. The molecule has 2 aromatic rings. The minimum atomic E-state index is -0.235. The van der Waals surface area contributed by atoms with E-state index in [4.69, 9.17) is 5.73 Å². The second-order valence-electron chi connectivity index (χ2n) is 3.69. The highest BCUT2D eigenvalue weighted by molar-refractivity contribution is 5.91. The maximum Gasteiger partial charge on any atom is 0.0895 e. The molecular weight excluding hydrogens is 191 g/mol. The molecule has 2 N–H and O–H groups in total. The number of hydrogen-bond acceptors (Lipinski definition) is 1. The normalized spacial score (nSPS) is 11.0. The zero-order valence-electron chi connectivity index (χ0n) is 8.62. The number of fused-ring (bicyclic) bond motifs is 1.